The average Bonchev–Trinajstić information content (AvgIpc) is 2.70. The van der Waals surface area contributed by atoms with Crippen LogP contribution in [0.3, 0.4) is 0 Å². The first-order valence-electron chi connectivity index (χ1n) is 8.96. The molecule has 0 atom stereocenters. The summed E-state index contributed by atoms with van der Waals surface area (Å²) in [5.74, 6) is 1.42. The van der Waals surface area contributed by atoms with Crippen LogP contribution in [0.15, 0.2) is 48.5 Å². The Bertz CT molecular complexity index is 1280. The lowest BCUT2D eigenvalue weighted by atomic mass is 10.4. The second-order valence-corrected chi connectivity index (χ2v) is 10.4. The van der Waals surface area contributed by atoms with Gasteiger partial charge in [-0.3, -0.25) is 0 Å². The van der Waals surface area contributed by atoms with Gasteiger partial charge in [-0.1, -0.05) is 45.3 Å². The van der Waals surface area contributed by atoms with Crippen molar-refractivity contribution in [3.63, 3.8) is 0 Å². The van der Waals surface area contributed by atoms with Gasteiger partial charge in [0, 0.05) is 18.8 Å². The molecule has 0 aliphatic carbocycles. The molecule has 30 heavy (non-hydrogen) atoms. The van der Waals surface area contributed by atoms with Crippen LogP contribution in [0.1, 0.15) is 11.6 Å². The summed E-state index contributed by atoms with van der Waals surface area (Å²) in [6.45, 7) is 3.79. The van der Waals surface area contributed by atoms with Crippen LogP contribution in [0.25, 0.3) is 38.6 Å². The highest BCUT2D eigenvalue weighted by molar-refractivity contribution is 7.24. The minimum absolute atomic E-state index is 0.691. The summed E-state index contributed by atoms with van der Waals surface area (Å²) in [7, 11) is 0. The largest absolute Gasteiger partial charge is 0.214 e. The van der Waals surface area contributed by atoms with Crippen molar-refractivity contribution in [2.24, 2.45) is 0 Å². The number of benzene rings is 2. The Morgan fingerprint density at radius 3 is 0.867 bits per heavy atom. The highest BCUT2D eigenvalue weighted by Crippen LogP contribution is 2.20. The highest BCUT2D eigenvalue weighted by Gasteiger charge is 1.98. The Balaban J connectivity index is 1.89. The van der Waals surface area contributed by atoms with Crippen molar-refractivity contribution in [3.8, 4) is 0 Å². The normalized spacial score (nSPS) is 11.0. The molecule has 0 saturated carbocycles. The molecule has 0 aliphatic rings. The molecule has 10 heteroatoms. The van der Waals surface area contributed by atoms with Crippen molar-refractivity contribution >= 4 is 84.0 Å². The van der Waals surface area contributed by atoms with Crippen LogP contribution < -0.4 is 0 Å². The van der Waals surface area contributed by atoms with E-state index in [4.69, 9.17) is 0 Å². The molecule has 0 spiro atoms. The van der Waals surface area contributed by atoms with Crippen molar-refractivity contribution in [3.05, 3.63) is 60.2 Å². The van der Waals surface area contributed by atoms with E-state index in [1.165, 1.54) is 45.3 Å². The van der Waals surface area contributed by atoms with E-state index < -0.39 is 0 Å². The lowest BCUT2D eigenvalue weighted by molar-refractivity contribution is 1.08. The van der Waals surface area contributed by atoms with E-state index in [0.717, 1.165) is 18.8 Å². The van der Waals surface area contributed by atoms with Crippen LogP contribution in [0.4, 0.5) is 0 Å². The summed E-state index contributed by atoms with van der Waals surface area (Å²) < 4.78 is 4.26. The van der Waals surface area contributed by atoms with Gasteiger partial charge in [-0.15, -0.1) is 0 Å². The van der Waals surface area contributed by atoms with Gasteiger partial charge in [-0.2, -0.15) is 9.97 Å². The first kappa shape index (κ1) is 19.3. The van der Waals surface area contributed by atoms with Gasteiger partial charge in [0.05, 0.1) is 0 Å². The van der Waals surface area contributed by atoms with E-state index in [9.17, 15) is 0 Å². The molecule has 0 unspecified atom stereocenters. The molecular formula is C20H14N6S4. The van der Waals surface area contributed by atoms with Crippen molar-refractivity contribution in [1.29, 1.82) is 0 Å². The average molecular weight is 467 g/mol. The second kappa shape index (κ2) is 8.23. The van der Waals surface area contributed by atoms with E-state index in [1.807, 2.05) is 13.8 Å². The fourth-order valence-electron chi connectivity index (χ4n) is 2.62. The fourth-order valence-corrected chi connectivity index (χ4v) is 5.91. The van der Waals surface area contributed by atoms with Gasteiger partial charge in [0.15, 0.2) is 0 Å². The third-order valence-corrected chi connectivity index (χ3v) is 7.39. The molecule has 0 saturated heterocycles. The maximum absolute atomic E-state index is 4.63. The Labute approximate surface area is 187 Å². The van der Waals surface area contributed by atoms with Crippen LogP contribution in [0, 0.1) is 13.8 Å². The summed E-state index contributed by atoms with van der Waals surface area (Å²) in [4.78, 5) is 30.0. The topological polar surface area (TPSA) is 77.3 Å². The van der Waals surface area contributed by atoms with E-state index in [2.05, 4.69) is 78.4 Å². The lowest BCUT2D eigenvalue weighted by Gasteiger charge is -1.95. The molecule has 2 aromatic carbocycles. The predicted molar refractivity (Wildman–Crippen MR) is 128 cm³/mol. The molecule has 8 rings (SSSR count). The van der Waals surface area contributed by atoms with E-state index in [0.29, 0.717) is 31.5 Å². The SMILES string of the molecule is Cc1nc2nc(n1)sc1ccc(cc1)sc1nc(C)nc(n1)sc1ccc(cc1)s2. The van der Waals surface area contributed by atoms with Gasteiger partial charge >= 0.3 is 0 Å². The zero-order valence-corrected chi connectivity index (χ0v) is 19.2. The van der Waals surface area contributed by atoms with Gasteiger partial charge < -0.3 is 0 Å². The molecule has 0 N–H and O–H groups in total. The van der Waals surface area contributed by atoms with Crippen molar-refractivity contribution < 1.29 is 0 Å². The Kier molecular flexibility index (Phi) is 5.30. The number of aryl methyl sites for hydroxylation is 2. The summed E-state index contributed by atoms with van der Waals surface area (Å²) in [6.07, 6.45) is 0. The molecule has 8 bridgehead atoms. The van der Waals surface area contributed by atoms with Gasteiger partial charge in [-0.25, -0.2) is 19.9 Å². The monoisotopic (exact) mass is 466 g/mol. The number of hydrogen-bond donors (Lipinski definition) is 0. The predicted octanol–water partition coefficient (Wildman–Crippen LogP) is 6.34. The molecule has 0 fully saturated rings. The summed E-state index contributed by atoms with van der Waals surface area (Å²) in [5.41, 5.74) is 0. The maximum atomic E-state index is 4.63. The molecular weight excluding hydrogens is 453 g/mol. The quantitative estimate of drug-likeness (QED) is 0.265. The standard InChI is InChI=1S/C20H14N6S4/c1-11-21-17-25-18(22-11)28-14-5-9-16(10-6-14)30-20-24-12(2)23-19(26-20)29-15-7-3-13(27-17)4-8-15/h3-10H,1-2H3. The molecule has 0 aliphatic heterocycles. The van der Waals surface area contributed by atoms with Gasteiger partial charge in [0.25, 0.3) is 0 Å². The lowest BCUT2D eigenvalue weighted by Crippen LogP contribution is -1.88. The minimum Gasteiger partial charge on any atom is -0.204 e. The van der Waals surface area contributed by atoms with E-state index >= 15 is 0 Å². The third kappa shape index (κ3) is 4.57. The summed E-state index contributed by atoms with van der Waals surface area (Å²) in [5, 5.41) is 0. The van der Waals surface area contributed by atoms with Crippen LogP contribution >= 0.6 is 45.3 Å². The molecule has 8 aromatic rings. The van der Waals surface area contributed by atoms with E-state index in [1.54, 1.807) is 0 Å². The van der Waals surface area contributed by atoms with Crippen LogP contribution in [0.5, 0.6) is 0 Å². The smallest absolute Gasteiger partial charge is 0.204 e. The number of nitrogens with zero attached hydrogens (tertiary/aromatic N) is 6. The Hall–Kier alpha value is -2.66. The molecule has 6 aromatic heterocycles. The zero-order valence-electron chi connectivity index (χ0n) is 15.9. The van der Waals surface area contributed by atoms with Gasteiger partial charge in [-0.05, 0) is 62.4 Å². The highest BCUT2D eigenvalue weighted by atomic mass is 32.1. The first-order valence-corrected chi connectivity index (χ1v) is 12.2. The molecule has 6 nitrogen and oxygen atoms in total. The number of rotatable bonds is 0. The molecule has 6 heterocycles. The van der Waals surface area contributed by atoms with Crippen molar-refractivity contribution in [2.45, 2.75) is 13.8 Å². The van der Waals surface area contributed by atoms with Crippen LogP contribution in [-0.4, -0.2) is 29.9 Å². The maximum Gasteiger partial charge on any atom is 0.214 e. The summed E-state index contributed by atoms with van der Waals surface area (Å²) >= 11 is 6.10. The number of aromatic nitrogens is 6. The molecule has 0 amide bonds. The second-order valence-electron chi connectivity index (χ2n) is 6.25. The van der Waals surface area contributed by atoms with Crippen LogP contribution in [-0.2, 0) is 0 Å². The minimum atomic E-state index is 0.691. The van der Waals surface area contributed by atoms with Crippen molar-refractivity contribution in [2.75, 3.05) is 0 Å². The molecule has 148 valence electrons. The Morgan fingerprint density at radius 1 is 0.400 bits per heavy atom. The third-order valence-electron chi connectivity index (χ3n) is 3.90. The van der Waals surface area contributed by atoms with Gasteiger partial charge in [0.2, 0.25) is 19.8 Å². The van der Waals surface area contributed by atoms with E-state index in [-0.39, 0.29) is 0 Å². The Morgan fingerprint density at radius 2 is 0.633 bits per heavy atom. The fraction of sp³-hybridized carbons (Fsp3) is 0.100. The van der Waals surface area contributed by atoms with Crippen molar-refractivity contribution in [1.82, 2.24) is 29.9 Å². The summed E-state index contributed by atoms with van der Waals surface area (Å²) in [6, 6.07) is 16.5. The number of hydrogen-bond acceptors (Lipinski definition) is 10. The molecule has 0 radical (unpaired) electrons. The van der Waals surface area contributed by atoms with Crippen LogP contribution in [0.2, 0.25) is 0 Å². The zero-order chi connectivity index (χ0) is 20.5. The first-order chi connectivity index (χ1) is 14.6. The van der Waals surface area contributed by atoms with Gasteiger partial charge in [0.1, 0.15) is 11.6 Å².